The summed E-state index contributed by atoms with van der Waals surface area (Å²) >= 11 is 9.48. The summed E-state index contributed by atoms with van der Waals surface area (Å²) in [6, 6.07) is 19.9. The summed E-state index contributed by atoms with van der Waals surface area (Å²) in [4.78, 5) is 40.7. The van der Waals surface area contributed by atoms with Crippen molar-refractivity contribution in [2.75, 3.05) is 5.32 Å². The average Bonchev–Trinajstić information content (AvgIpc) is 2.84. The second-order valence-corrected chi connectivity index (χ2v) is 8.86. The van der Waals surface area contributed by atoms with E-state index < -0.39 is 22.9 Å². The molecule has 1 heterocycles. The van der Waals surface area contributed by atoms with E-state index in [1.165, 1.54) is 19.1 Å². The van der Waals surface area contributed by atoms with Gasteiger partial charge in [0.15, 0.2) is 6.10 Å². The van der Waals surface area contributed by atoms with Gasteiger partial charge in [0.25, 0.3) is 11.6 Å². The monoisotopic (exact) mass is 553 g/mol. The zero-order valence-corrected chi connectivity index (χ0v) is 20.5. The number of ether oxygens (including phenoxy) is 1. The summed E-state index contributed by atoms with van der Waals surface area (Å²) in [6.45, 7) is 1.42. The van der Waals surface area contributed by atoms with Crippen LogP contribution in [0, 0.1) is 10.1 Å². The lowest BCUT2D eigenvalue weighted by Crippen LogP contribution is -2.30. The van der Waals surface area contributed by atoms with Crippen molar-refractivity contribution in [2.24, 2.45) is 0 Å². The van der Waals surface area contributed by atoms with E-state index in [2.05, 4.69) is 26.2 Å². The van der Waals surface area contributed by atoms with Crippen molar-refractivity contribution in [3.8, 4) is 11.3 Å². The Bertz CT molecular complexity index is 1480. The molecule has 0 fully saturated rings. The van der Waals surface area contributed by atoms with Crippen LogP contribution in [0.2, 0.25) is 5.02 Å². The first-order chi connectivity index (χ1) is 16.7. The molecule has 0 bridgehead atoms. The number of non-ortho nitro benzene ring substituents is 1. The zero-order valence-electron chi connectivity index (χ0n) is 18.2. The number of para-hydroxylation sites is 1. The highest BCUT2D eigenvalue weighted by molar-refractivity contribution is 9.10. The number of pyridine rings is 1. The predicted molar refractivity (Wildman–Crippen MR) is 136 cm³/mol. The van der Waals surface area contributed by atoms with Gasteiger partial charge in [0.2, 0.25) is 0 Å². The summed E-state index contributed by atoms with van der Waals surface area (Å²) < 4.78 is 6.32. The maximum Gasteiger partial charge on any atom is 0.339 e. The quantitative estimate of drug-likeness (QED) is 0.167. The minimum Gasteiger partial charge on any atom is -0.449 e. The largest absolute Gasteiger partial charge is 0.449 e. The van der Waals surface area contributed by atoms with Gasteiger partial charge in [-0.3, -0.25) is 14.9 Å². The first-order valence-electron chi connectivity index (χ1n) is 10.3. The van der Waals surface area contributed by atoms with Crippen LogP contribution in [0.15, 0.2) is 77.3 Å². The highest BCUT2D eigenvalue weighted by Crippen LogP contribution is 2.29. The van der Waals surface area contributed by atoms with Crippen molar-refractivity contribution in [2.45, 2.75) is 13.0 Å². The van der Waals surface area contributed by atoms with Gasteiger partial charge in [-0.05, 0) is 37.3 Å². The van der Waals surface area contributed by atoms with Crippen LogP contribution in [-0.4, -0.2) is 27.9 Å². The van der Waals surface area contributed by atoms with Gasteiger partial charge in [0, 0.05) is 27.6 Å². The molecule has 0 spiro atoms. The molecule has 8 nitrogen and oxygen atoms in total. The van der Waals surface area contributed by atoms with Crippen molar-refractivity contribution >= 4 is 61.7 Å². The minimum atomic E-state index is -1.17. The van der Waals surface area contributed by atoms with Crippen LogP contribution in [0.4, 0.5) is 11.4 Å². The molecule has 1 atom stereocenters. The van der Waals surface area contributed by atoms with Gasteiger partial charge in [-0.2, -0.15) is 0 Å². The number of carbonyl (C=O) groups excluding carboxylic acids is 2. The third-order valence-electron chi connectivity index (χ3n) is 5.13. The molecular formula is C25H17BrClN3O5. The van der Waals surface area contributed by atoms with E-state index in [-0.39, 0.29) is 22.0 Å². The van der Waals surface area contributed by atoms with Crippen LogP contribution in [0.1, 0.15) is 17.3 Å². The second kappa shape index (κ2) is 10.2. The summed E-state index contributed by atoms with van der Waals surface area (Å²) in [5.41, 5.74) is 2.20. The number of anilines is 1. The van der Waals surface area contributed by atoms with Gasteiger partial charge in [-0.15, -0.1) is 0 Å². The Labute approximate surface area is 213 Å². The van der Waals surface area contributed by atoms with E-state index in [1.54, 1.807) is 24.3 Å². The molecule has 176 valence electrons. The fraction of sp³-hybridized carbons (Fsp3) is 0.0800. The molecule has 1 N–H and O–H groups in total. The Morgan fingerprint density at radius 3 is 2.57 bits per heavy atom. The SMILES string of the molecule is C[C@@H](OC(=O)c1cc(-c2cccc(Br)c2)nc2ccccc12)C(=O)Nc1ccc([N+](=O)[O-])cc1Cl. The molecular weight excluding hydrogens is 538 g/mol. The normalized spacial score (nSPS) is 11.6. The van der Waals surface area contributed by atoms with Gasteiger partial charge >= 0.3 is 5.97 Å². The highest BCUT2D eigenvalue weighted by Gasteiger charge is 2.23. The number of halogens is 2. The number of nitro benzene ring substituents is 1. The molecule has 0 aliphatic carbocycles. The standard InChI is InChI=1S/C25H17BrClN3O5/c1-14(24(31)29-22-10-9-17(30(33)34)12-20(22)27)35-25(32)19-13-23(15-5-4-6-16(26)11-15)28-21-8-3-2-7-18(19)21/h2-14H,1H3,(H,29,31)/t14-/m1/s1. The summed E-state index contributed by atoms with van der Waals surface area (Å²) in [6.07, 6.45) is -1.17. The number of hydrogen-bond donors (Lipinski definition) is 1. The maximum absolute atomic E-state index is 13.1. The zero-order chi connectivity index (χ0) is 25.1. The van der Waals surface area contributed by atoms with E-state index in [0.29, 0.717) is 16.6 Å². The number of nitro groups is 1. The number of fused-ring (bicyclic) bond motifs is 1. The molecule has 1 aromatic heterocycles. The summed E-state index contributed by atoms with van der Waals surface area (Å²) in [5, 5.41) is 14.0. The number of aromatic nitrogens is 1. The smallest absolute Gasteiger partial charge is 0.339 e. The van der Waals surface area contributed by atoms with Crippen molar-refractivity contribution in [3.63, 3.8) is 0 Å². The Morgan fingerprint density at radius 1 is 1.09 bits per heavy atom. The first-order valence-corrected chi connectivity index (χ1v) is 11.5. The van der Waals surface area contributed by atoms with Crippen molar-refractivity contribution in [1.82, 2.24) is 4.98 Å². The molecule has 0 aliphatic heterocycles. The van der Waals surface area contributed by atoms with E-state index >= 15 is 0 Å². The third kappa shape index (κ3) is 5.47. The minimum absolute atomic E-state index is 0.00938. The highest BCUT2D eigenvalue weighted by atomic mass is 79.9. The molecule has 0 unspecified atom stereocenters. The Hall–Kier alpha value is -3.82. The van der Waals surface area contributed by atoms with Gasteiger partial charge in [0.05, 0.1) is 32.4 Å². The number of rotatable bonds is 6. The number of benzene rings is 3. The Morgan fingerprint density at radius 2 is 1.86 bits per heavy atom. The van der Waals surface area contributed by atoms with Gasteiger partial charge in [-0.25, -0.2) is 9.78 Å². The lowest BCUT2D eigenvalue weighted by Gasteiger charge is -2.15. The van der Waals surface area contributed by atoms with Gasteiger partial charge < -0.3 is 10.1 Å². The molecule has 0 radical (unpaired) electrons. The number of nitrogens with zero attached hydrogens (tertiary/aromatic N) is 2. The average molecular weight is 555 g/mol. The molecule has 0 saturated carbocycles. The van der Waals surface area contributed by atoms with Crippen LogP contribution >= 0.6 is 27.5 Å². The second-order valence-electron chi connectivity index (χ2n) is 7.54. The fourth-order valence-corrected chi connectivity index (χ4v) is 3.99. The number of hydrogen-bond acceptors (Lipinski definition) is 6. The Balaban J connectivity index is 1.58. The van der Waals surface area contributed by atoms with Crippen LogP contribution in [0.5, 0.6) is 0 Å². The van der Waals surface area contributed by atoms with E-state index in [1.807, 2.05) is 30.3 Å². The summed E-state index contributed by atoms with van der Waals surface area (Å²) in [7, 11) is 0. The summed E-state index contributed by atoms with van der Waals surface area (Å²) in [5.74, 6) is -1.34. The fourth-order valence-electron chi connectivity index (χ4n) is 3.37. The van der Waals surface area contributed by atoms with Crippen LogP contribution in [0.3, 0.4) is 0 Å². The Kier molecular flexibility index (Phi) is 7.09. The van der Waals surface area contributed by atoms with E-state index in [4.69, 9.17) is 16.3 Å². The molecule has 4 rings (SSSR count). The van der Waals surface area contributed by atoms with Gasteiger partial charge in [0.1, 0.15) is 0 Å². The molecule has 10 heteroatoms. The maximum atomic E-state index is 13.1. The molecule has 35 heavy (non-hydrogen) atoms. The molecule has 1 amide bonds. The van der Waals surface area contributed by atoms with Crippen LogP contribution < -0.4 is 5.32 Å². The van der Waals surface area contributed by atoms with Crippen LogP contribution in [0.25, 0.3) is 22.2 Å². The topological polar surface area (TPSA) is 111 Å². The molecule has 0 aliphatic rings. The molecule has 0 saturated heterocycles. The van der Waals surface area contributed by atoms with E-state index in [0.717, 1.165) is 16.1 Å². The lowest BCUT2D eigenvalue weighted by molar-refractivity contribution is -0.384. The first kappa shape index (κ1) is 24.3. The number of nitrogens with one attached hydrogen (secondary N) is 1. The van der Waals surface area contributed by atoms with Crippen molar-refractivity contribution in [1.29, 1.82) is 0 Å². The van der Waals surface area contributed by atoms with E-state index in [9.17, 15) is 19.7 Å². The number of amides is 1. The predicted octanol–water partition coefficient (Wildman–Crippen LogP) is 6.41. The molecule has 3 aromatic carbocycles. The lowest BCUT2D eigenvalue weighted by atomic mass is 10.0. The van der Waals surface area contributed by atoms with Gasteiger partial charge in [-0.1, -0.05) is 57.9 Å². The number of carbonyl (C=O) groups is 2. The van der Waals surface area contributed by atoms with Crippen molar-refractivity contribution < 1.29 is 19.2 Å². The van der Waals surface area contributed by atoms with Crippen LogP contribution in [-0.2, 0) is 9.53 Å². The third-order valence-corrected chi connectivity index (χ3v) is 5.94. The number of esters is 1. The molecule has 4 aromatic rings. The van der Waals surface area contributed by atoms with Crippen molar-refractivity contribution in [3.05, 3.63) is 98.0 Å².